The Morgan fingerprint density at radius 3 is 2.58 bits per heavy atom. The molecule has 0 saturated carbocycles. The molecule has 1 unspecified atom stereocenters. The molecular formula is C21H21BrF3N5O3. The van der Waals surface area contributed by atoms with E-state index in [0.717, 1.165) is 0 Å². The molecule has 3 rings (SSSR count). The van der Waals surface area contributed by atoms with Gasteiger partial charge in [-0.2, -0.15) is 5.10 Å². The molecule has 0 aliphatic heterocycles. The Morgan fingerprint density at radius 2 is 1.94 bits per heavy atom. The number of hydrogen-bond acceptors (Lipinski definition) is 6. The molecule has 0 saturated heterocycles. The van der Waals surface area contributed by atoms with E-state index in [-0.39, 0.29) is 17.8 Å². The van der Waals surface area contributed by atoms with Gasteiger partial charge in [-0.3, -0.25) is 10.1 Å². The Balaban J connectivity index is 1.83. The van der Waals surface area contributed by atoms with Crippen LogP contribution in [0.15, 0.2) is 53.0 Å². The summed E-state index contributed by atoms with van der Waals surface area (Å²) in [6.07, 6.45) is -6.24. The second-order valence-electron chi connectivity index (χ2n) is 6.88. The molecule has 1 heterocycles. The van der Waals surface area contributed by atoms with Crippen molar-refractivity contribution in [1.29, 1.82) is 0 Å². The van der Waals surface area contributed by atoms with Crippen LogP contribution in [-0.4, -0.2) is 40.6 Å². The van der Waals surface area contributed by atoms with Gasteiger partial charge in [0.2, 0.25) is 0 Å². The summed E-state index contributed by atoms with van der Waals surface area (Å²) in [5.41, 5.74) is 1.44. The Hall–Kier alpha value is -3.09. The topological polar surface area (TPSA) is 100 Å². The van der Waals surface area contributed by atoms with E-state index in [9.17, 15) is 23.1 Å². The Kier molecular flexibility index (Phi) is 7.61. The average molecular weight is 528 g/mol. The third kappa shape index (κ3) is 6.24. The third-order valence-electron chi connectivity index (χ3n) is 4.57. The van der Waals surface area contributed by atoms with Crippen molar-refractivity contribution in [2.75, 3.05) is 12.4 Å². The van der Waals surface area contributed by atoms with Crippen LogP contribution in [0, 0.1) is 6.92 Å². The molecular weight excluding hydrogens is 507 g/mol. The number of carbonyl (C=O) groups excluding carboxylic acids is 1. The van der Waals surface area contributed by atoms with Gasteiger partial charge >= 0.3 is 6.36 Å². The minimum Gasteiger partial charge on any atom is -0.405 e. The number of aliphatic hydroxyl groups is 1. The normalized spacial score (nSPS) is 12.3. The summed E-state index contributed by atoms with van der Waals surface area (Å²) in [6, 6.07) is 13.0. The van der Waals surface area contributed by atoms with E-state index in [1.165, 1.54) is 29.9 Å². The van der Waals surface area contributed by atoms with Gasteiger partial charge in [-0.05, 0) is 37.3 Å². The number of rotatable bonds is 8. The number of alkyl halides is 3. The smallest absolute Gasteiger partial charge is 0.405 e. The molecule has 0 fully saturated rings. The highest BCUT2D eigenvalue weighted by molar-refractivity contribution is 9.10. The lowest BCUT2D eigenvalue weighted by molar-refractivity contribution is -0.274. The van der Waals surface area contributed by atoms with E-state index in [1.807, 2.05) is 6.07 Å². The summed E-state index contributed by atoms with van der Waals surface area (Å²) >= 11 is 3.21. The molecule has 12 heteroatoms. The fourth-order valence-electron chi connectivity index (χ4n) is 3.05. The predicted octanol–water partition coefficient (Wildman–Crippen LogP) is 3.68. The largest absolute Gasteiger partial charge is 0.573 e. The van der Waals surface area contributed by atoms with Crippen molar-refractivity contribution in [2.24, 2.45) is 0 Å². The first-order valence-electron chi connectivity index (χ1n) is 9.68. The molecule has 1 atom stereocenters. The van der Waals surface area contributed by atoms with Crippen LogP contribution in [0.5, 0.6) is 5.75 Å². The number of nitrogens with one attached hydrogen (secondary N) is 3. The second-order valence-corrected chi connectivity index (χ2v) is 7.79. The highest BCUT2D eigenvalue weighted by Gasteiger charge is 2.32. The maximum Gasteiger partial charge on any atom is 0.573 e. The number of nitrogens with zero attached hydrogens (tertiary/aromatic N) is 2. The van der Waals surface area contributed by atoms with Crippen molar-refractivity contribution in [3.63, 3.8) is 0 Å². The van der Waals surface area contributed by atoms with Crippen LogP contribution in [0.25, 0.3) is 5.69 Å². The van der Waals surface area contributed by atoms with Gasteiger partial charge in [-0.1, -0.05) is 34.1 Å². The summed E-state index contributed by atoms with van der Waals surface area (Å²) in [4.78, 5) is 12.2. The molecule has 4 N–H and O–H groups in total. The molecule has 0 aliphatic rings. The number of amides is 1. The summed E-state index contributed by atoms with van der Waals surface area (Å²) in [5.74, 6) is -0.464. The van der Waals surface area contributed by atoms with Crippen LogP contribution in [0.2, 0.25) is 0 Å². The highest BCUT2D eigenvalue weighted by Crippen LogP contribution is 2.29. The lowest BCUT2D eigenvalue weighted by Crippen LogP contribution is -2.36. The minimum absolute atomic E-state index is 0.153. The van der Waals surface area contributed by atoms with Crippen molar-refractivity contribution in [1.82, 2.24) is 20.4 Å². The zero-order valence-electron chi connectivity index (χ0n) is 17.6. The van der Waals surface area contributed by atoms with E-state index < -0.39 is 24.4 Å². The van der Waals surface area contributed by atoms with Crippen LogP contribution in [0.1, 0.15) is 21.6 Å². The Labute approximate surface area is 195 Å². The van der Waals surface area contributed by atoms with Crippen molar-refractivity contribution < 1.29 is 27.8 Å². The molecule has 0 aliphatic carbocycles. The van der Waals surface area contributed by atoms with E-state index >= 15 is 0 Å². The van der Waals surface area contributed by atoms with E-state index in [0.29, 0.717) is 21.5 Å². The number of para-hydroxylation sites is 1. The van der Waals surface area contributed by atoms with Gasteiger partial charge in [0.25, 0.3) is 5.91 Å². The van der Waals surface area contributed by atoms with Crippen molar-refractivity contribution in [3.8, 4) is 11.4 Å². The van der Waals surface area contributed by atoms with Gasteiger partial charge in [0, 0.05) is 29.2 Å². The van der Waals surface area contributed by atoms with Gasteiger partial charge in [-0.25, -0.2) is 4.68 Å². The number of aromatic nitrogens is 2. The first kappa shape index (κ1) is 24.6. The monoisotopic (exact) mass is 527 g/mol. The fourth-order valence-corrected chi connectivity index (χ4v) is 3.46. The molecule has 1 aromatic heterocycles. The lowest BCUT2D eigenvalue weighted by Gasteiger charge is -2.19. The summed E-state index contributed by atoms with van der Waals surface area (Å²) < 4.78 is 44.2. The average Bonchev–Trinajstić information content (AvgIpc) is 3.09. The van der Waals surface area contributed by atoms with Gasteiger partial charge in [-0.15, -0.1) is 13.2 Å². The molecule has 0 spiro atoms. The number of aliphatic hydroxyl groups excluding tert-OH is 1. The van der Waals surface area contributed by atoms with Crippen LogP contribution in [0.3, 0.4) is 0 Å². The van der Waals surface area contributed by atoms with Crippen molar-refractivity contribution >= 4 is 27.7 Å². The molecule has 0 radical (unpaired) electrons. The maximum atomic E-state index is 12.7. The zero-order chi connectivity index (χ0) is 24.2. The number of hydrogen-bond donors (Lipinski definition) is 4. The number of halogens is 4. The first-order chi connectivity index (χ1) is 15.6. The number of benzene rings is 2. The highest BCUT2D eigenvalue weighted by atomic mass is 79.9. The van der Waals surface area contributed by atoms with E-state index in [1.54, 1.807) is 31.2 Å². The number of carbonyl (C=O) groups is 1. The van der Waals surface area contributed by atoms with Crippen LogP contribution in [0.4, 0.5) is 19.0 Å². The van der Waals surface area contributed by atoms with Gasteiger partial charge in [0.15, 0.2) is 12.0 Å². The Morgan fingerprint density at radius 1 is 1.24 bits per heavy atom. The molecule has 1 amide bonds. The number of ether oxygens (including phenoxy) is 1. The third-order valence-corrected chi connectivity index (χ3v) is 5.07. The lowest BCUT2D eigenvalue weighted by atomic mass is 10.2. The molecule has 8 nitrogen and oxygen atoms in total. The van der Waals surface area contributed by atoms with Crippen LogP contribution >= 0.6 is 15.9 Å². The van der Waals surface area contributed by atoms with Gasteiger partial charge in [0.1, 0.15) is 11.6 Å². The SMILES string of the molecule is CNC(=O)c1nn(-c2ccccc2)c(NC(O)NCc2cc(Br)ccc2OC(F)(F)F)c1C. The standard InChI is InChI=1S/C21H21BrF3N5O3/c1-12-17(19(31)26-2)29-30(15-6-4-3-5-7-15)18(12)28-20(32)27-11-13-10-14(22)8-9-16(13)33-21(23,24)25/h3-10,20,27-28,32H,11H2,1-2H3,(H,26,31). The fraction of sp³-hybridized carbons (Fsp3) is 0.238. The number of anilines is 1. The summed E-state index contributed by atoms with van der Waals surface area (Å²) in [5, 5.41) is 22.9. The molecule has 2 aromatic carbocycles. The van der Waals surface area contributed by atoms with Gasteiger partial charge in [0.05, 0.1) is 5.69 Å². The molecule has 176 valence electrons. The molecule has 0 bridgehead atoms. The van der Waals surface area contributed by atoms with Crippen molar-refractivity contribution in [3.05, 3.63) is 69.8 Å². The Bertz CT molecular complexity index is 1120. The van der Waals surface area contributed by atoms with E-state index in [4.69, 9.17) is 0 Å². The predicted molar refractivity (Wildman–Crippen MR) is 119 cm³/mol. The van der Waals surface area contributed by atoms with Gasteiger partial charge < -0.3 is 20.5 Å². The molecule has 33 heavy (non-hydrogen) atoms. The summed E-state index contributed by atoms with van der Waals surface area (Å²) in [7, 11) is 1.48. The van der Waals surface area contributed by atoms with Crippen LogP contribution in [-0.2, 0) is 6.54 Å². The zero-order valence-corrected chi connectivity index (χ0v) is 19.2. The molecule has 3 aromatic rings. The second kappa shape index (κ2) is 10.2. The maximum absolute atomic E-state index is 12.7. The quantitative estimate of drug-likeness (QED) is 0.333. The van der Waals surface area contributed by atoms with E-state index in [2.05, 4.69) is 41.7 Å². The minimum atomic E-state index is -4.85. The van der Waals surface area contributed by atoms with Crippen LogP contribution < -0.4 is 20.7 Å². The first-order valence-corrected chi connectivity index (χ1v) is 10.5. The summed E-state index contributed by atoms with van der Waals surface area (Å²) in [6.45, 7) is 1.51. The van der Waals surface area contributed by atoms with Crippen molar-refractivity contribution in [2.45, 2.75) is 26.2 Å².